The molecule has 2 rings (SSSR count). The summed E-state index contributed by atoms with van der Waals surface area (Å²) < 4.78 is 0.709. The van der Waals surface area contributed by atoms with Crippen LogP contribution in [0.1, 0.15) is 10.4 Å². The van der Waals surface area contributed by atoms with E-state index in [0.29, 0.717) is 16.6 Å². The first-order valence-corrected chi connectivity index (χ1v) is 7.53. The van der Waals surface area contributed by atoms with Gasteiger partial charge in [-0.05, 0) is 23.8 Å². The van der Waals surface area contributed by atoms with Gasteiger partial charge in [-0.2, -0.15) is 0 Å². The van der Waals surface area contributed by atoms with Crippen LogP contribution in [0.4, 0.5) is 11.4 Å². The van der Waals surface area contributed by atoms with E-state index in [9.17, 15) is 10.1 Å². The van der Waals surface area contributed by atoms with Crippen LogP contribution >= 0.6 is 34.5 Å². The lowest BCUT2D eigenvalue weighted by molar-refractivity contribution is -0.384. The van der Waals surface area contributed by atoms with Gasteiger partial charge in [0.25, 0.3) is 5.69 Å². The molecule has 0 aliphatic rings. The Morgan fingerprint density at radius 2 is 2.10 bits per heavy atom. The van der Waals surface area contributed by atoms with Gasteiger partial charge in [0.2, 0.25) is 0 Å². The molecule has 2 aromatic rings. The van der Waals surface area contributed by atoms with Crippen LogP contribution in [0.2, 0.25) is 4.34 Å². The van der Waals surface area contributed by atoms with Crippen molar-refractivity contribution >= 4 is 45.9 Å². The van der Waals surface area contributed by atoms with Gasteiger partial charge in [-0.25, -0.2) is 0 Å². The topological polar surface area (TPSA) is 46.4 Å². The van der Waals surface area contributed by atoms with Crippen LogP contribution in [0.5, 0.6) is 0 Å². The summed E-state index contributed by atoms with van der Waals surface area (Å²) in [6, 6.07) is 8.78. The highest BCUT2D eigenvalue weighted by molar-refractivity contribution is 7.16. The molecule has 0 saturated heterocycles. The van der Waals surface area contributed by atoms with Crippen molar-refractivity contribution in [1.29, 1.82) is 0 Å². The van der Waals surface area contributed by atoms with Crippen molar-refractivity contribution in [3.63, 3.8) is 0 Å². The zero-order valence-corrected chi connectivity index (χ0v) is 13.0. The van der Waals surface area contributed by atoms with Crippen LogP contribution < -0.4 is 4.90 Å². The normalized spacial score (nSPS) is 10.6. The molecule has 0 saturated carbocycles. The predicted octanol–water partition coefficient (Wildman–Crippen LogP) is 4.68. The summed E-state index contributed by atoms with van der Waals surface area (Å²) in [5, 5.41) is 11.2. The van der Waals surface area contributed by atoms with Crippen LogP contribution in [0.15, 0.2) is 30.3 Å². The van der Waals surface area contributed by atoms with E-state index in [1.54, 1.807) is 12.1 Å². The Bertz CT molecular complexity index is 631. The van der Waals surface area contributed by atoms with E-state index in [-0.39, 0.29) is 16.5 Å². The number of rotatable bonds is 5. The van der Waals surface area contributed by atoms with Gasteiger partial charge in [-0.3, -0.25) is 10.1 Å². The van der Waals surface area contributed by atoms with Crippen LogP contribution in [-0.4, -0.2) is 12.0 Å². The molecular weight excluding hydrogens is 319 g/mol. The van der Waals surface area contributed by atoms with Crippen LogP contribution in [0, 0.1) is 10.1 Å². The number of benzene rings is 1. The number of anilines is 1. The van der Waals surface area contributed by atoms with E-state index in [0.717, 1.165) is 10.4 Å². The molecule has 0 radical (unpaired) electrons. The second-order valence-corrected chi connectivity index (χ2v) is 6.34. The maximum Gasteiger partial charge on any atom is 0.292 e. The van der Waals surface area contributed by atoms with Crippen molar-refractivity contribution < 1.29 is 4.92 Å². The second-order valence-electron chi connectivity index (χ2n) is 4.28. The van der Waals surface area contributed by atoms with Crippen molar-refractivity contribution in [2.45, 2.75) is 12.4 Å². The van der Waals surface area contributed by atoms with E-state index in [2.05, 4.69) is 0 Å². The Labute approximate surface area is 130 Å². The molecule has 0 unspecified atom stereocenters. The molecule has 0 aliphatic heterocycles. The van der Waals surface area contributed by atoms with Crippen molar-refractivity contribution in [3.05, 3.63) is 55.2 Å². The Morgan fingerprint density at radius 1 is 1.35 bits per heavy atom. The lowest BCUT2D eigenvalue weighted by Crippen LogP contribution is -2.17. The maximum absolute atomic E-state index is 11.2. The van der Waals surface area contributed by atoms with Crippen molar-refractivity contribution in [2.75, 3.05) is 11.9 Å². The average Bonchev–Trinajstić information content (AvgIpc) is 2.83. The molecule has 1 aromatic carbocycles. The third kappa shape index (κ3) is 3.42. The quantitative estimate of drug-likeness (QED) is 0.454. The van der Waals surface area contributed by atoms with Crippen LogP contribution in [0.3, 0.4) is 0 Å². The van der Waals surface area contributed by atoms with Gasteiger partial charge < -0.3 is 4.90 Å². The lowest BCUT2D eigenvalue weighted by Gasteiger charge is -2.18. The molecule has 0 fully saturated rings. The van der Waals surface area contributed by atoms with E-state index in [1.807, 2.05) is 24.1 Å². The molecule has 7 heteroatoms. The van der Waals surface area contributed by atoms with Crippen molar-refractivity contribution in [2.24, 2.45) is 0 Å². The van der Waals surface area contributed by atoms with Gasteiger partial charge in [0.05, 0.1) is 15.8 Å². The molecule has 0 spiro atoms. The fraction of sp³-hybridized carbons (Fsp3) is 0.231. The first-order chi connectivity index (χ1) is 9.51. The summed E-state index contributed by atoms with van der Waals surface area (Å²) in [6.07, 6.45) is 0. The number of thiophene rings is 1. The number of halogens is 2. The zero-order valence-electron chi connectivity index (χ0n) is 10.7. The van der Waals surface area contributed by atoms with Crippen LogP contribution in [0.25, 0.3) is 0 Å². The molecule has 1 heterocycles. The minimum absolute atomic E-state index is 0.0632. The molecule has 0 aliphatic carbocycles. The standard InChI is InChI=1S/C13H12Cl2N2O2S/c1-16(8-10-3-5-13(15)20-10)11-4-2-9(7-14)6-12(11)17(18)19/h2-6H,7-8H2,1H3. The average molecular weight is 331 g/mol. The van der Waals surface area contributed by atoms with Crippen LogP contribution in [-0.2, 0) is 12.4 Å². The zero-order chi connectivity index (χ0) is 14.7. The van der Waals surface area contributed by atoms with E-state index >= 15 is 0 Å². The van der Waals surface area contributed by atoms with Gasteiger partial charge >= 0.3 is 0 Å². The smallest absolute Gasteiger partial charge is 0.292 e. The summed E-state index contributed by atoms with van der Waals surface area (Å²) in [5.41, 5.74) is 1.36. The first-order valence-electron chi connectivity index (χ1n) is 5.80. The highest BCUT2D eigenvalue weighted by atomic mass is 35.5. The molecule has 0 bridgehead atoms. The lowest BCUT2D eigenvalue weighted by atomic mass is 10.2. The monoisotopic (exact) mass is 330 g/mol. The number of nitrogens with zero attached hydrogens (tertiary/aromatic N) is 2. The molecule has 0 N–H and O–H groups in total. The highest BCUT2D eigenvalue weighted by Gasteiger charge is 2.18. The molecule has 20 heavy (non-hydrogen) atoms. The number of nitro groups is 1. The highest BCUT2D eigenvalue weighted by Crippen LogP contribution is 2.31. The number of hydrogen-bond acceptors (Lipinski definition) is 4. The van der Waals surface area contributed by atoms with E-state index < -0.39 is 0 Å². The third-order valence-corrected chi connectivity index (χ3v) is 4.35. The molecular formula is C13H12Cl2N2O2S. The van der Waals surface area contributed by atoms with Crippen molar-refractivity contribution in [3.8, 4) is 0 Å². The summed E-state index contributed by atoms with van der Waals surface area (Å²) in [6.45, 7) is 0.568. The minimum atomic E-state index is -0.386. The largest absolute Gasteiger partial charge is 0.364 e. The third-order valence-electron chi connectivity index (χ3n) is 2.82. The predicted molar refractivity (Wildman–Crippen MR) is 84.1 cm³/mol. The Morgan fingerprint density at radius 3 is 2.65 bits per heavy atom. The van der Waals surface area contributed by atoms with Gasteiger partial charge in [0, 0.05) is 23.9 Å². The summed E-state index contributed by atoms with van der Waals surface area (Å²) in [7, 11) is 1.82. The number of hydrogen-bond donors (Lipinski definition) is 0. The molecule has 4 nitrogen and oxygen atoms in total. The molecule has 106 valence electrons. The Balaban J connectivity index is 2.28. The molecule has 0 atom stereocenters. The molecule has 0 amide bonds. The second kappa shape index (κ2) is 6.43. The van der Waals surface area contributed by atoms with E-state index in [1.165, 1.54) is 17.4 Å². The summed E-state index contributed by atoms with van der Waals surface area (Å²) in [5.74, 6) is 0.255. The summed E-state index contributed by atoms with van der Waals surface area (Å²) >= 11 is 13.1. The van der Waals surface area contributed by atoms with Gasteiger partial charge in [0.15, 0.2) is 0 Å². The Hall–Kier alpha value is -1.30. The maximum atomic E-state index is 11.2. The summed E-state index contributed by atoms with van der Waals surface area (Å²) in [4.78, 5) is 13.7. The SMILES string of the molecule is CN(Cc1ccc(Cl)s1)c1ccc(CCl)cc1[N+](=O)[O-]. The number of nitro benzene ring substituents is 1. The number of alkyl halides is 1. The fourth-order valence-electron chi connectivity index (χ4n) is 1.88. The first kappa shape index (κ1) is 15.1. The van der Waals surface area contributed by atoms with Crippen molar-refractivity contribution in [1.82, 2.24) is 0 Å². The van der Waals surface area contributed by atoms with Gasteiger partial charge in [-0.15, -0.1) is 22.9 Å². The minimum Gasteiger partial charge on any atom is -0.364 e. The van der Waals surface area contributed by atoms with E-state index in [4.69, 9.17) is 23.2 Å². The van der Waals surface area contributed by atoms with Gasteiger partial charge in [0.1, 0.15) is 5.69 Å². The fourth-order valence-corrected chi connectivity index (χ4v) is 3.18. The Kier molecular flexibility index (Phi) is 4.86. The van der Waals surface area contributed by atoms with Gasteiger partial charge in [-0.1, -0.05) is 17.7 Å². The molecule has 1 aromatic heterocycles.